The maximum atomic E-state index is 4.87. The minimum absolute atomic E-state index is 0. The number of pyridine rings is 1. The second-order valence-corrected chi connectivity index (χ2v) is 8.26. The standard InChI is InChI=1S/C21H29N7S.HI/c1-2-22-21(27-14-12-26(13-15-27)17-18-7-6-16-29-18)23-10-5-9-20-25-24-19-8-3-4-11-28(19)20;/h3-4,6-8,11,16H,2,5,9-10,12-15,17H2,1H3,(H,22,23);1H. The van der Waals surface area contributed by atoms with Crippen LogP contribution in [-0.2, 0) is 13.0 Å². The van der Waals surface area contributed by atoms with E-state index in [1.54, 1.807) is 0 Å². The number of rotatable bonds is 7. The topological polar surface area (TPSA) is 61.1 Å². The van der Waals surface area contributed by atoms with Gasteiger partial charge < -0.3 is 10.2 Å². The fourth-order valence-corrected chi connectivity index (χ4v) is 4.40. The molecule has 7 nitrogen and oxygen atoms in total. The van der Waals surface area contributed by atoms with Crippen molar-refractivity contribution in [3.8, 4) is 0 Å². The monoisotopic (exact) mass is 539 g/mol. The SMILES string of the molecule is CCNC(=NCCCc1nnc2ccccn12)N1CCN(Cc2cccs2)CC1.I. The van der Waals surface area contributed by atoms with Crippen LogP contribution in [0.1, 0.15) is 24.0 Å². The lowest BCUT2D eigenvalue weighted by atomic mass is 10.3. The number of fused-ring (bicyclic) bond motifs is 1. The van der Waals surface area contributed by atoms with Crippen LogP contribution in [0.25, 0.3) is 5.65 Å². The zero-order valence-corrected chi connectivity index (χ0v) is 20.6. The molecule has 0 bridgehead atoms. The van der Waals surface area contributed by atoms with E-state index >= 15 is 0 Å². The van der Waals surface area contributed by atoms with Crippen molar-refractivity contribution in [2.24, 2.45) is 4.99 Å². The van der Waals surface area contributed by atoms with Crippen LogP contribution in [0.3, 0.4) is 0 Å². The Bertz CT molecular complexity index is 916. The van der Waals surface area contributed by atoms with E-state index in [-0.39, 0.29) is 24.0 Å². The van der Waals surface area contributed by atoms with Crippen molar-refractivity contribution in [3.05, 3.63) is 52.6 Å². The number of nitrogens with one attached hydrogen (secondary N) is 1. The molecule has 30 heavy (non-hydrogen) atoms. The van der Waals surface area contributed by atoms with Gasteiger partial charge in [-0.15, -0.1) is 45.5 Å². The summed E-state index contributed by atoms with van der Waals surface area (Å²) in [5.74, 6) is 2.04. The van der Waals surface area contributed by atoms with Crippen molar-refractivity contribution >= 4 is 46.9 Å². The van der Waals surface area contributed by atoms with Gasteiger partial charge in [0.15, 0.2) is 11.6 Å². The van der Waals surface area contributed by atoms with Crippen LogP contribution in [0.2, 0.25) is 0 Å². The number of hydrogen-bond acceptors (Lipinski definition) is 5. The molecule has 3 aromatic heterocycles. The molecule has 162 valence electrons. The second kappa shape index (κ2) is 11.6. The van der Waals surface area contributed by atoms with E-state index in [0.717, 1.165) is 76.1 Å². The zero-order chi connectivity index (χ0) is 19.9. The Morgan fingerprint density at radius 2 is 2.00 bits per heavy atom. The number of aromatic nitrogens is 3. The minimum atomic E-state index is 0. The van der Waals surface area contributed by atoms with Crippen LogP contribution in [0.5, 0.6) is 0 Å². The molecule has 1 saturated heterocycles. The number of hydrogen-bond donors (Lipinski definition) is 1. The number of guanidine groups is 1. The van der Waals surface area contributed by atoms with Crippen LogP contribution in [0.15, 0.2) is 46.9 Å². The molecule has 4 rings (SSSR count). The highest BCUT2D eigenvalue weighted by Gasteiger charge is 2.19. The van der Waals surface area contributed by atoms with Crippen molar-refractivity contribution < 1.29 is 0 Å². The highest BCUT2D eigenvalue weighted by Crippen LogP contribution is 2.13. The summed E-state index contributed by atoms with van der Waals surface area (Å²) in [6.45, 7) is 9.07. The second-order valence-electron chi connectivity index (χ2n) is 7.23. The van der Waals surface area contributed by atoms with Gasteiger partial charge in [-0.1, -0.05) is 12.1 Å². The molecule has 1 N–H and O–H groups in total. The molecule has 4 heterocycles. The molecule has 1 fully saturated rings. The van der Waals surface area contributed by atoms with Gasteiger partial charge in [-0.3, -0.25) is 14.3 Å². The van der Waals surface area contributed by atoms with Crippen molar-refractivity contribution in [1.82, 2.24) is 29.7 Å². The van der Waals surface area contributed by atoms with Gasteiger partial charge in [0.2, 0.25) is 0 Å². The van der Waals surface area contributed by atoms with E-state index in [4.69, 9.17) is 4.99 Å². The van der Waals surface area contributed by atoms with Crippen LogP contribution < -0.4 is 5.32 Å². The number of aryl methyl sites for hydroxylation is 1. The fraction of sp³-hybridized carbons (Fsp3) is 0.476. The maximum absolute atomic E-state index is 4.87. The Kier molecular flexibility index (Phi) is 8.88. The number of halogens is 1. The van der Waals surface area contributed by atoms with Crippen molar-refractivity contribution in [2.45, 2.75) is 26.3 Å². The average Bonchev–Trinajstić information content (AvgIpc) is 3.41. The molecule has 0 spiro atoms. The zero-order valence-electron chi connectivity index (χ0n) is 17.4. The quantitative estimate of drug-likeness (QED) is 0.217. The molecule has 0 aromatic carbocycles. The first-order valence-electron chi connectivity index (χ1n) is 10.4. The van der Waals surface area contributed by atoms with E-state index in [1.165, 1.54) is 4.88 Å². The Balaban J connectivity index is 0.00000256. The van der Waals surface area contributed by atoms with Crippen LogP contribution >= 0.6 is 35.3 Å². The van der Waals surface area contributed by atoms with Crippen molar-refractivity contribution in [1.29, 1.82) is 0 Å². The third-order valence-corrected chi connectivity index (χ3v) is 6.03. The first-order valence-corrected chi connectivity index (χ1v) is 11.3. The fourth-order valence-electron chi connectivity index (χ4n) is 3.65. The summed E-state index contributed by atoms with van der Waals surface area (Å²) in [7, 11) is 0. The predicted octanol–water partition coefficient (Wildman–Crippen LogP) is 3.12. The summed E-state index contributed by atoms with van der Waals surface area (Å²) in [4.78, 5) is 11.2. The molecule has 0 saturated carbocycles. The molecule has 0 amide bonds. The van der Waals surface area contributed by atoms with Crippen molar-refractivity contribution in [2.75, 3.05) is 39.3 Å². The highest BCUT2D eigenvalue weighted by atomic mass is 127. The summed E-state index contributed by atoms with van der Waals surface area (Å²) in [5, 5.41) is 14.2. The van der Waals surface area contributed by atoms with Gasteiger partial charge in [-0.25, -0.2) is 0 Å². The lowest BCUT2D eigenvalue weighted by Crippen LogP contribution is -2.52. The molecular weight excluding hydrogens is 509 g/mol. The van der Waals surface area contributed by atoms with E-state index in [0.29, 0.717) is 0 Å². The van der Waals surface area contributed by atoms with Gasteiger partial charge >= 0.3 is 0 Å². The minimum Gasteiger partial charge on any atom is -0.357 e. The molecule has 1 aliphatic heterocycles. The van der Waals surface area contributed by atoms with Gasteiger partial charge in [-0.2, -0.15) is 0 Å². The Labute approximate surface area is 199 Å². The molecule has 0 unspecified atom stereocenters. The number of aliphatic imine (C=N–C) groups is 1. The van der Waals surface area contributed by atoms with E-state index < -0.39 is 0 Å². The van der Waals surface area contributed by atoms with Crippen LogP contribution in [0, 0.1) is 0 Å². The largest absolute Gasteiger partial charge is 0.357 e. The van der Waals surface area contributed by atoms with E-state index in [2.05, 4.69) is 54.2 Å². The molecule has 1 aliphatic rings. The lowest BCUT2D eigenvalue weighted by Gasteiger charge is -2.36. The van der Waals surface area contributed by atoms with Crippen LogP contribution in [0.4, 0.5) is 0 Å². The normalized spacial score (nSPS) is 15.4. The summed E-state index contributed by atoms with van der Waals surface area (Å²) in [5.41, 5.74) is 0.903. The number of nitrogens with zero attached hydrogens (tertiary/aromatic N) is 6. The summed E-state index contributed by atoms with van der Waals surface area (Å²) < 4.78 is 2.06. The first-order chi connectivity index (χ1) is 14.3. The predicted molar refractivity (Wildman–Crippen MR) is 134 cm³/mol. The first kappa shape index (κ1) is 23.0. The third kappa shape index (κ3) is 5.92. The van der Waals surface area contributed by atoms with Gasteiger partial charge in [0.1, 0.15) is 5.82 Å². The average molecular weight is 539 g/mol. The summed E-state index contributed by atoms with van der Waals surface area (Å²) >= 11 is 1.84. The molecule has 9 heteroatoms. The van der Waals surface area contributed by atoms with E-state index in [1.807, 2.05) is 35.7 Å². The number of thiophene rings is 1. The maximum Gasteiger partial charge on any atom is 0.194 e. The third-order valence-electron chi connectivity index (χ3n) is 5.17. The molecule has 0 aliphatic carbocycles. The lowest BCUT2D eigenvalue weighted by molar-refractivity contribution is 0.173. The van der Waals surface area contributed by atoms with E-state index in [9.17, 15) is 0 Å². The van der Waals surface area contributed by atoms with Gasteiger partial charge in [0, 0.05) is 63.3 Å². The molecular formula is C21H30IN7S. The van der Waals surface area contributed by atoms with Gasteiger partial charge in [0.25, 0.3) is 0 Å². The molecule has 3 aromatic rings. The van der Waals surface area contributed by atoms with Gasteiger partial charge in [-0.05, 0) is 36.9 Å². The summed E-state index contributed by atoms with van der Waals surface area (Å²) in [6, 6.07) is 10.3. The van der Waals surface area contributed by atoms with Crippen LogP contribution in [-0.4, -0.2) is 69.6 Å². The highest BCUT2D eigenvalue weighted by molar-refractivity contribution is 14.0. The molecule has 0 radical (unpaired) electrons. The van der Waals surface area contributed by atoms with Gasteiger partial charge in [0.05, 0.1) is 0 Å². The van der Waals surface area contributed by atoms with Crippen molar-refractivity contribution in [3.63, 3.8) is 0 Å². The smallest absolute Gasteiger partial charge is 0.194 e. The Morgan fingerprint density at radius 3 is 2.77 bits per heavy atom. The Hall–Kier alpha value is -1.72. The Morgan fingerprint density at radius 1 is 1.13 bits per heavy atom. The summed E-state index contributed by atoms with van der Waals surface area (Å²) in [6.07, 6.45) is 3.86. The number of piperazine rings is 1. The molecule has 0 atom stereocenters.